The van der Waals surface area contributed by atoms with Crippen molar-refractivity contribution >= 4 is 11.9 Å². The van der Waals surface area contributed by atoms with Crippen molar-refractivity contribution in [1.29, 1.82) is 0 Å². The van der Waals surface area contributed by atoms with Crippen molar-refractivity contribution in [3.05, 3.63) is 12.2 Å². The molecule has 0 bridgehead atoms. The second-order valence-electron chi connectivity index (χ2n) is 4.24. The summed E-state index contributed by atoms with van der Waals surface area (Å²) in [6.45, 7) is 3.29. The number of carboxylic acids is 1. The van der Waals surface area contributed by atoms with Crippen molar-refractivity contribution < 1.29 is 23.5 Å². The number of aliphatic carboxylic acids is 1. The molecular formula is C12H20F2N2O3. The third-order valence-electron chi connectivity index (χ3n) is 2.97. The molecule has 1 amide bonds. The Morgan fingerprint density at radius 3 is 2.21 bits per heavy atom. The molecule has 0 saturated carbocycles. The lowest BCUT2D eigenvalue weighted by molar-refractivity contribution is -0.143. The number of rotatable bonds is 9. The Morgan fingerprint density at radius 2 is 1.89 bits per heavy atom. The summed E-state index contributed by atoms with van der Waals surface area (Å²) < 4.78 is 24.7. The molecule has 110 valence electrons. The van der Waals surface area contributed by atoms with Gasteiger partial charge in [0.15, 0.2) is 0 Å². The van der Waals surface area contributed by atoms with E-state index in [1.165, 1.54) is 0 Å². The van der Waals surface area contributed by atoms with Gasteiger partial charge in [-0.15, -0.1) is 0 Å². The van der Waals surface area contributed by atoms with Crippen LogP contribution in [0.3, 0.4) is 0 Å². The molecule has 0 aliphatic carbocycles. The Balaban J connectivity index is 4.82. The van der Waals surface area contributed by atoms with E-state index in [2.05, 4.69) is 5.32 Å². The van der Waals surface area contributed by atoms with E-state index < -0.39 is 35.8 Å². The van der Waals surface area contributed by atoms with Crippen LogP contribution in [-0.2, 0) is 9.59 Å². The number of halogens is 2. The third-order valence-corrected chi connectivity index (χ3v) is 2.97. The molecule has 1 unspecified atom stereocenters. The molecule has 19 heavy (non-hydrogen) atoms. The zero-order valence-corrected chi connectivity index (χ0v) is 11.0. The molecule has 0 aliphatic rings. The smallest absolute Gasteiger partial charge is 0.307 e. The van der Waals surface area contributed by atoms with Crippen LogP contribution in [0.2, 0.25) is 0 Å². The number of primary amides is 1. The molecule has 5 nitrogen and oxygen atoms in total. The molecule has 0 aromatic carbocycles. The average Bonchev–Trinajstić information content (AvgIpc) is 2.28. The molecule has 0 heterocycles. The van der Waals surface area contributed by atoms with Crippen molar-refractivity contribution in [3.63, 3.8) is 0 Å². The fourth-order valence-electron chi connectivity index (χ4n) is 1.86. The highest BCUT2D eigenvalue weighted by molar-refractivity contribution is 5.79. The highest BCUT2D eigenvalue weighted by Crippen LogP contribution is 2.20. The first-order valence-electron chi connectivity index (χ1n) is 6.11. The van der Waals surface area contributed by atoms with Crippen LogP contribution in [0.5, 0.6) is 0 Å². The number of nitrogens with two attached hydrogens (primary N) is 1. The summed E-state index contributed by atoms with van der Waals surface area (Å²) in [5.41, 5.74) is 5.12. The van der Waals surface area contributed by atoms with Gasteiger partial charge in [0.25, 0.3) is 6.08 Å². The third kappa shape index (κ3) is 6.28. The quantitative estimate of drug-likeness (QED) is 0.593. The van der Waals surface area contributed by atoms with E-state index in [-0.39, 0.29) is 13.0 Å². The second kappa shape index (κ2) is 8.58. The van der Waals surface area contributed by atoms with E-state index in [1.54, 1.807) is 13.8 Å². The monoisotopic (exact) mass is 278 g/mol. The van der Waals surface area contributed by atoms with E-state index >= 15 is 0 Å². The molecule has 3 atom stereocenters. The first-order chi connectivity index (χ1) is 8.83. The highest BCUT2D eigenvalue weighted by Gasteiger charge is 2.26. The van der Waals surface area contributed by atoms with E-state index in [1.807, 2.05) is 0 Å². The van der Waals surface area contributed by atoms with E-state index in [0.29, 0.717) is 12.5 Å². The van der Waals surface area contributed by atoms with Crippen LogP contribution in [0.4, 0.5) is 8.78 Å². The topological polar surface area (TPSA) is 92.4 Å². The Morgan fingerprint density at radius 1 is 1.32 bits per heavy atom. The highest BCUT2D eigenvalue weighted by atomic mass is 19.3. The number of hydrogen-bond donors (Lipinski definition) is 3. The predicted octanol–water partition coefficient (Wildman–Crippen LogP) is 1.35. The SMILES string of the molecule is CC[C@H](NCC(C=C(F)F)[C@@H](CC)C(=O)O)C(N)=O. The maximum Gasteiger partial charge on any atom is 0.307 e. The number of carbonyl (C=O) groups is 2. The van der Waals surface area contributed by atoms with Crippen molar-refractivity contribution in [1.82, 2.24) is 5.32 Å². The molecule has 0 fully saturated rings. The van der Waals surface area contributed by atoms with Gasteiger partial charge in [0, 0.05) is 12.5 Å². The van der Waals surface area contributed by atoms with Crippen molar-refractivity contribution in [2.45, 2.75) is 32.7 Å². The summed E-state index contributed by atoms with van der Waals surface area (Å²) in [7, 11) is 0. The minimum absolute atomic E-state index is 0.0381. The zero-order chi connectivity index (χ0) is 15.0. The Bertz CT molecular complexity index is 344. The summed E-state index contributed by atoms with van der Waals surface area (Å²) >= 11 is 0. The summed E-state index contributed by atoms with van der Waals surface area (Å²) in [6, 6.07) is -0.648. The maximum absolute atomic E-state index is 12.4. The first kappa shape index (κ1) is 17.5. The number of hydrogen-bond acceptors (Lipinski definition) is 3. The van der Waals surface area contributed by atoms with Crippen molar-refractivity contribution in [2.24, 2.45) is 17.6 Å². The lowest BCUT2D eigenvalue weighted by Crippen LogP contribution is -2.44. The van der Waals surface area contributed by atoms with Gasteiger partial charge in [-0.05, 0) is 18.9 Å². The lowest BCUT2D eigenvalue weighted by Gasteiger charge is -2.22. The molecule has 0 rings (SSSR count). The van der Waals surface area contributed by atoms with E-state index in [0.717, 1.165) is 0 Å². The Kier molecular flexibility index (Phi) is 7.90. The lowest BCUT2D eigenvalue weighted by atomic mass is 9.89. The van der Waals surface area contributed by atoms with Gasteiger partial charge in [-0.25, -0.2) is 0 Å². The molecule has 0 aromatic heterocycles. The van der Waals surface area contributed by atoms with Crippen LogP contribution in [0, 0.1) is 11.8 Å². The van der Waals surface area contributed by atoms with Crippen LogP contribution in [-0.4, -0.2) is 29.6 Å². The number of carboxylic acid groups (broad SMARTS) is 1. The fraction of sp³-hybridized carbons (Fsp3) is 0.667. The normalized spacial score (nSPS) is 15.4. The van der Waals surface area contributed by atoms with Crippen LogP contribution in [0.1, 0.15) is 26.7 Å². The van der Waals surface area contributed by atoms with Gasteiger partial charge in [-0.2, -0.15) is 8.78 Å². The molecular weight excluding hydrogens is 258 g/mol. The number of carbonyl (C=O) groups excluding carboxylic acids is 1. The number of nitrogens with one attached hydrogen (secondary N) is 1. The summed E-state index contributed by atoms with van der Waals surface area (Å²) in [4.78, 5) is 22.0. The van der Waals surface area contributed by atoms with Gasteiger partial charge in [0.05, 0.1) is 12.0 Å². The van der Waals surface area contributed by atoms with Crippen LogP contribution in [0.25, 0.3) is 0 Å². The van der Waals surface area contributed by atoms with Gasteiger partial charge in [0.1, 0.15) is 0 Å². The van der Waals surface area contributed by atoms with Crippen molar-refractivity contribution in [3.8, 4) is 0 Å². The fourth-order valence-corrected chi connectivity index (χ4v) is 1.86. The Hall–Kier alpha value is -1.50. The van der Waals surface area contributed by atoms with Crippen LogP contribution in [0.15, 0.2) is 12.2 Å². The average molecular weight is 278 g/mol. The van der Waals surface area contributed by atoms with Gasteiger partial charge < -0.3 is 16.2 Å². The standard InChI is InChI=1S/C12H20F2N2O3/c1-3-8(12(18)19)7(5-10(13)14)6-16-9(4-2)11(15)17/h5,7-9,16H,3-4,6H2,1-2H3,(H2,15,17)(H,18,19)/t7?,8-,9+/m1/s1. The molecule has 0 aliphatic heterocycles. The summed E-state index contributed by atoms with van der Waals surface area (Å²) in [5, 5.41) is 11.7. The van der Waals surface area contributed by atoms with Crippen LogP contribution < -0.4 is 11.1 Å². The van der Waals surface area contributed by atoms with Gasteiger partial charge in [-0.1, -0.05) is 13.8 Å². The number of amides is 1. The molecule has 0 spiro atoms. The van der Waals surface area contributed by atoms with Gasteiger partial charge >= 0.3 is 5.97 Å². The van der Waals surface area contributed by atoms with Gasteiger partial charge in [-0.3, -0.25) is 9.59 Å². The summed E-state index contributed by atoms with van der Waals surface area (Å²) in [6.07, 6.45) is -0.686. The molecule has 4 N–H and O–H groups in total. The van der Waals surface area contributed by atoms with E-state index in [4.69, 9.17) is 10.8 Å². The van der Waals surface area contributed by atoms with Crippen LogP contribution >= 0.6 is 0 Å². The summed E-state index contributed by atoms with van der Waals surface area (Å²) in [5.74, 6) is -3.55. The van der Waals surface area contributed by atoms with Crippen molar-refractivity contribution in [2.75, 3.05) is 6.54 Å². The minimum atomic E-state index is -1.93. The Labute approximate surface area is 110 Å². The zero-order valence-electron chi connectivity index (χ0n) is 11.0. The molecule has 7 heteroatoms. The maximum atomic E-state index is 12.4. The molecule has 0 saturated heterocycles. The first-order valence-corrected chi connectivity index (χ1v) is 6.11. The largest absolute Gasteiger partial charge is 0.481 e. The predicted molar refractivity (Wildman–Crippen MR) is 66.5 cm³/mol. The van der Waals surface area contributed by atoms with Gasteiger partial charge in [0.2, 0.25) is 5.91 Å². The molecule has 0 aromatic rings. The molecule has 0 radical (unpaired) electrons. The van der Waals surface area contributed by atoms with E-state index in [9.17, 15) is 18.4 Å². The minimum Gasteiger partial charge on any atom is -0.481 e. The second-order valence-corrected chi connectivity index (χ2v) is 4.24.